The normalized spacial score (nSPS) is 14.9. The summed E-state index contributed by atoms with van der Waals surface area (Å²) in [6.45, 7) is -0.118. The summed E-state index contributed by atoms with van der Waals surface area (Å²) in [4.78, 5) is 3.84. The monoisotopic (exact) mass is 381 g/mol. The van der Waals surface area contributed by atoms with Gasteiger partial charge in [0.2, 0.25) is 0 Å². The van der Waals surface area contributed by atoms with Crippen LogP contribution in [0.3, 0.4) is 0 Å². The summed E-state index contributed by atoms with van der Waals surface area (Å²) in [7, 11) is 0. The first-order valence-corrected chi connectivity index (χ1v) is 8.09. The summed E-state index contributed by atoms with van der Waals surface area (Å²) in [6.07, 6.45) is 1.33. The lowest BCUT2D eigenvalue weighted by Gasteiger charge is -2.34. The van der Waals surface area contributed by atoms with E-state index >= 15 is 0 Å². The van der Waals surface area contributed by atoms with Crippen molar-refractivity contribution in [1.29, 1.82) is 0 Å². The van der Waals surface area contributed by atoms with Crippen molar-refractivity contribution < 1.29 is 14.6 Å². The molecule has 3 rings (SSSR count). The van der Waals surface area contributed by atoms with E-state index in [0.717, 1.165) is 0 Å². The molecule has 25 heavy (non-hydrogen) atoms. The molecule has 0 aliphatic carbocycles. The number of aliphatic hydroxyl groups is 2. The highest BCUT2D eigenvalue weighted by molar-refractivity contribution is 6.35. The van der Waals surface area contributed by atoms with E-state index in [4.69, 9.17) is 23.2 Å². The lowest BCUT2D eigenvalue weighted by molar-refractivity contribution is -0.0964. The van der Waals surface area contributed by atoms with Crippen LogP contribution < -0.4 is 0 Å². The first-order valence-electron chi connectivity index (χ1n) is 7.34. The number of aliphatic hydroxyl groups excluding tert-OH is 1. The Morgan fingerprint density at radius 1 is 1.16 bits per heavy atom. The summed E-state index contributed by atoms with van der Waals surface area (Å²) in [5, 5.41) is 26.8. The lowest BCUT2D eigenvalue weighted by Crippen LogP contribution is -2.38. The molecule has 1 aromatic heterocycles. The van der Waals surface area contributed by atoms with E-state index in [0.29, 0.717) is 10.6 Å². The van der Waals surface area contributed by atoms with E-state index in [2.05, 4.69) is 10.1 Å². The van der Waals surface area contributed by atoms with E-state index in [1.807, 2.05) is 0 Å². The van der Waals surface area contributed by atoms with Gasteiger partial charge >= 0.3 is 0 Å². The van der Waals surface area contributed by atoms with Crippen LogP contribution in [0.15, 0.2) is 55.1 Å². The van der Waals surface area contributed by atoms with Crippen LogP contribution >= 0.6 is 23.2 Å². The minimum atomic E-state index is -1.84. The van der Waals surface area contributed by atoms with Gasteiger partial charge in [0.1, 0.15) is 30.2 Å². The van der Waals surface area contributed by atoms with E-state index in [9.17, 15) is 14.6 Å². The number of halogens is 3. The van der Waals surface area contributed by atoms with Gasteiger partial charge in [0.05, 0.1) is 6.54 Å². The highest BCUT2D eigenvalue weighted by atomic mass is 35.5. The third-order valence-corrected chi connectivity index (χ3v) is 4.45. The Bertz CT molecular complexity index is 859. The zero-order chi connectivity index (χ0) is 18.0. The van der Waals surface area contributed by atoms with Crippen LogP contribution in [-0.4, -0.2) is 25.0 Å². The van der Waals surface area contributed by atoms with Crippen molar-refractivity contribution in [3.05, 3.63) is 82.1 Å². The molecule has 0 aliphatic heterocycles. The minimum Gasteiger partial charge on any atom is -0.385 e. The van der Waals surface area contributed by atoms with Crippen LogP contribution in [0.5, 0.6) is 0 Å². The predicted octanol–water partition coefficient (Wildman–Crippen LogP) is 3.35. The van der Waals surface area contributed by atoms with Crippen molar-refractivity contribution >= 4 is 23.2 Å². The minimum absolute atomic E-state index is 0.118. The molecule has 2 N–H and O–H groups in total. The lowest BCUT2D eigenvalue weighted by atomic mass is 9.84. The zero-order valence-corrected chi connectivity index (χ0v) is 14.4. The van der Waals surface area contributed by atoms with Gasteiger partial charge in [-0.2, -0.15) is 5.10 Å². The summed E-state index contributed by atoms with van der Waals surface area (Å²) in [5.41, 5.74) is -1.24. The smallest absolute Gasteiger partial charge is 0.140 e. The molecule has 2 atom stereocenters. The summed E-state index contributed by atoms with van der Waals surface area (Å²) in [6, 6.07) is 9.78. The molecular weight excluding hydrogens is 368 g/mol. The van der Waals surface area contributed by atoms with Gasteiger partial charge in [0.15, 0.2) is 0 Å². The van der Waals surface area contributed by atoms with Gasteiger partial charge in [0.25, 0.3) is 0 Å². The van der Waals surface area contributed by atoms with E-state index < -0.39 is 17.5 Å². The van der Waals surface area contributed by atoms with Gasteiger partial charge in [-0.15, -0.1) is 0 Å². The Morgan fingerprint density at radius 2 is 1.88 bits per heavy atom. The maximum absolute atomic E-state index is 13.2. The molecule has 0 radical (unpaired) electrons. The number of hydrogen-bond acceptors (Lipinski definition) is 4. The quantitative estimate of drug-likeness (QED) is 0.710. The van der Waals surface area contributed by atoms with Crippen molar-refractivity contribution in [3.63, 3.8) is 0 Å². The summed E-state index contributed by atoms with van der Waals surface area (Å²) < 4.78 is 14.6. The first kappa shape index (κ1) is 17.8. The van der Waals surface area contributed by atoms with Gasteiger partial charge < -0.3 is 10.2 Å². The second-order valence-corrected chi connectivity index (χ2v) is 6.44. The molecule has 1 heterocycles. The van der Waals surface area contributed by atoms with Crippen molar-refractivity contribution in [1.82, 2.24) is 14.8 Å². The van der Waals surface area contributed by atoms with Gasteiger partial charge in [-0.25, -0.2) is 14.1 Å². The van der Waals surface area contributed by atoms with E-state index in [1.165, 1.54) is 53.7 Å². The molecule has 0 bridgehead atoms. The maximum atomic E-state index is 13.2. The van der Waals surface area contributed by atoms with Crippen LogP contribution in [0, 0.1) is 5.82 Å². The molecule has 0 saturated heterocycles. The van der Waals surface area contributed by atoms with Crippen LogP contribution in [-0.2, 0) is 12.1 Å². The number of nitrogens with zero attached hydrogens (tertiary/aromatic N) is 3. The maximum Gasteiger partial charge on any atom is 0.140 e. The molecule has 0 spiro atoms. The second-order valence-electron chi connectivity index (χ2n) is 5.60. The number of aromatic nitrogens is 3. The first-order chi connectivity index (χ1) is 11.9. The fraction of sp³-hybridized carbons (Fsp3) is 0.176. The van der Waals surface area contributed by atoms with Crippen molar-refractivity contribution in [2.45, 2.75) is 18.2 Å². The van der Waals surface area contributed by atoms with E-state index in [1.54, 1.807) is 6.07 Å². The van der Waals surface area contributed by atoms with Crippen LogP contribution in [0.25, 0.3) is 0 Å². The Balaban J connectivity index is 2.09. The third kappa shape index (κ3) is 3.67. The largest absolute Gasteiger partial charge is 0.385 e. The second kappa shape index (κ2) is 7.09. The SMILES string of the molecule is O[C@@H](c1ccc(F)cc1)[C@](O)(Cn1cncn1)c1ccc(Cl)cc1Cl. The Kier molecular flexibility index (Phi) is 5.06. The third-order valence-electron chi connectivity index (χ3n) is 3.91. The number of rotatable bonds is 5. The molecule has 0 aliphatic rings. The molecule has 8 heteroatoms. The standard InChI is InChI=1S/C17H14Cl2FN3O2/c18-12-3-6-14(15(19)7-12)17(25,8-23-10-21-9-22-23)16(24)11-1-4-13(20)5-2-11/h1-7,9-10,16,24-25H,8H2/t16-,17-/m0/s1. The van der Waals surface area contributed by atoms with Crippen molar-refractivity contribution in [2.75, 3.05) is 0 Å². The topological polar surface area (TPSA) is 71.2 Å². The number of benzene rings is 2. The van der Waals surface area contributed by atoms with Crippen LogP contribution in [0.1, 0.15) is 17.2 Å². The van der Waals surface area contributed by atoms with Gasteiger partial charge in [0, 0.05) is 15.6 Å². The van der Waals surface area contributed by atoms with Crippen LogP contribution in [0.4, 0.5) is 4.39 Å². The molecule has 0 saturated carbocycles. The molecule has 0 fully saturated rings. The molecular formula is C17H14Cl2FN3O2. The molecule has 0 amide bonds. The molecule has 5 nitrogen and oxygen atoms in total. The van der Waals surface area contributed by atoms with Crippen molar-refractivity contribution in [3.8, 4) is 0 Å². The Morgan fingerprint density at radius 3 is 2.48 bits per heavy atom. The molecule has 130 valence electrons. The highest BCUT2D eigenvalue weighted by Gasteiger charge is 2.41. The fourth-order valence-corrected chi connectivity index (χ4v) is 3.21. The molecule has 3 aromatic rings. The average Bonchev–Trinajstić information content (AvgIpc) is 3.07. The Labute approximate surface area is 153 Å². The fourth-order valence-electron chi connectivity index (χ4n) is 2.64. The van der Waals surface area contributed by atoms with Gasteiger partial charge in [-0.3, -0.25) is 0 Å². The van der Waals surface area contributed by atoms with Gasteiger partial charge in [-0.05, 0) is 29.8 Å². The number of hydrogen-bond donors (Lipinski definition) is 2. The van der Waals surface area contributed by atoms with Crippen molar-refractivity contribution in [2.24, 2.45) is 0 Å². The molecule has 0 unspecified atom stereocenters. The predicted molar refractivity (Wildman–Crippen MR) is 91.7 cm³/mol. The van der Waals surface area contributed by atoms with E-state index in [-0.39, 0.29) is 17.1 Å². The van der Waals surface area contributed by atoms with Crippen LogP contribution in [0.2, 0.25) is 10.0 Å². The average molecular weight is 382 g/mol. The highest BCUT2D eigenvalue weighted by Crippen LogP contribution is 2.40. The summed E-state index contributed by atoms with van der Waals surface area (Å²) >= 11 is 12.2. The summed E-state index contributed by atoms with van der Waals surface area (Å²) in [5.74, 6) is -0.444. The molecule has 2 aromatic carbocycles. The van der Waals surface area contributed by atoms with Gasteiger partial charge in [-0.1, -0.05) is 41.4 Å². The zero-order valence-electron chi connectivity index (χ0n) is 12.9. The Hall–Kier alpha value is -1.99.